The van der Waals surface area contributed by atoms with Crippen LogP contribution in [-0.2, 0) is 35.1 Å². The number of ether oxygens (including phenoxy) is 4. The highest BCUT2D eigenvalue weighted by Crippen LogP contribution is 2.34. The highest BCUT2D eigenvalue weighted by atomic mass is 16.7. The van der Waals surface area contributed by atoms with Crippen molar-refractivity contribution in [3.05, 3.63) is 46.3 Å². The van der Waals surface area contributed by atoms with Crippen molar-refractivity contribution >= 4 is 11.9 Å². The number of carbonyl (C=O) groups is 2. The third-order valence-corrected chi connectivity index (χ3v) is 6.82. The summed E-state index contributed by atoms with van der Waals surface area (Å²) < 4.78 is 23.5. The van der Waals surface area contributed by atoms with E-state index in [4.69, 9.17) is 24.5 Å². The molecule has 1 aliphatic rings. The fourth-order valence-corrected chi connectivity index (χ4v) is 4.37. The van der Waals surface area contributed by atoms with Crippen LogP contribution in [0, 0.1) is 11.8 Å². The number of esters is 2. The van der Waals surface area contributed by atoms with Crippen molar-refractivity contribution in [1.82, 2.24) is 0 Å². The summed E-state index contributed by atoms with van der Waals surface area (Å²) in [6.07, 6.45) is 3.65. The molecule has 1 aliphatic heterocycles. The number of hydrogen-bond donors (Lipinski definition) is 0. The van der Waals surface area contributed by atoms with Crippen LogP contribution in [0.5, 0.6) is 0 Å². The Kier molecular flexibility index (Phi) is 13.3. The first-order valence-electron chi connectivity index (χ1n) is 13.0. The van der Waals surface area contributed by atoms with E-state index in [1.807, 2.05) is 44.2 Å². The summed E-state index contributed by atoms with van der Waals surface area (Å²) in [7, 11) is 0. The van der Waals surface area contributed by atoms with Crippen LogP contribution in [0.3, 0.4) is 0 Å². The molecule has 1 aromatic carbocycles. The zero-order valence-corrected chi connectivity index (χ0v) is 22.0. The van der Waals surface area contributed by atoms with Crippen molar-refractivity contribution in [3.63, 3.8) is 0 Å². The van der Waals surface area contributed by atoms with E-state index in [0.717, 1.165) is 37.7 Å². The van der Waals surface area contributed by atoms with Crippen LogP contribution < -0.4 is 0 Å². The first-order chi connectivity index (χ1) is 17.3. The summed E-state index contributed by atoms with van der Waals surface area (Å²) in [5, 5.41) is 3.56. The Bertz CT molecular complexity index is 845. The normalized spacial score (nSPS) is 24.4. The predicted molar refractivity (Wildman–Crippen MR) is 136 cm³/mol. The molecule has 200 valence electrons. The van der Waals surface area contributed by atoms with Gasteiger partial charge in [-0.05, 0) is 36.8 Å². The van der Waals surface area contributed by atoms with Gasteiger partial charge in [0.15, 0.2) is 12.4 Å². The molecule has 0 bridgehead atoms. The lowest BCUT2D eigenvalue weighted by Crippen LogP contribution is -2.52. The maximum atomic E-state index is 12.7. The van der Waals surface area contributed by atoms with Gasteiger partial charge in [0.1, 0.15) is 6.61 Å². The predicted octanol–water partition coefficient (Wildman–Crippen LogP) is 6.10. The molecular weight excluding hydrogens is 462 g/mol. The minimum Gasteiger partial charge on any atom is -0.461 e. The van der Waals surface area contributed by atoms with Crippen LogP contribution in [0.1, 0.15) is 78.2 Å². The number of benzene rings is 1. The maximum absolute atomic E-state index is 12.7. The van der Waals surface area contributed by atoms with Gasteiger partial charge in [-0.15, -0.1) is 0 Å². The van der Waals surface area contributed by atoms with Gasteiger partial charge in [-0.3, -0.25) is 9.59 Å². The summed E-state index contributed by atoms with van der Waals surface area (Å²) in [6, 6.07) is 9.54. The first kappa shape index (κ1) is 29.6. The van der Waals surface area contributed by atoms with E-state index in [2.05, 4.69) is 16.9 Å². The SMILES string of the molecule is CC(=O)OC1[C@H](OC(CCCCCCCN=[N+]=[N-])CC(=O)OCc2ccccc2)OC(C)[C@H](C)[C@@H]1C. The first-order valence-corrected chi connectivity index (χ1v) is 13.0. The lowest BCUT2D eigenvalue weighted by Gasteiger charge is -2.43. The van der Waals surface area contributed by atoms with E-state index >= 15 is 0 Å². The Morgan fingerprint density at radius 3 is 2.44 bits per heavy atom. The number of nitrogens with zero attached hydrogens (tertiary/aromatic N) is 3. The van der Waals surface area contributed by atoms with Gasteiger partial charge in [0.05, 0.1) is 18.6 Å². The lowest BCUT2D eigenvalue weighted by atomic mass is 9.84. The van der Waals surface area contributed by atoms with Gasteiger partial charge in [0.2, 0.25) is 0 Å². The molecule has 0 aliphatic carbocycles. The minimum atomic E-state index is -0.745. The van der Waals surface area contributed by atoms with Crippen molar-refractivity contribution in [1.29, 1.82) is 0 Å². The monoisotopic (exact) mass is 503 g/mol. The van der Waals surface area contributed by atoms with Crippen LogP contribution in [0.2, 0.25) is 0 Å². The Labute approximate surface area is 214 Å². The Morgan fingerprint density at radius 1 is 1.06 bits per heavy atom. The number of unbranched alkanes of at least 4 members (excludes halogenated alkanes) is 4. The highest BCUT2D eigenvalue weighted by molar-refractivity contribution is 5.70. The number of azide groups is 1. The Hall–Kier alpha value is -2.61. The van der Waals surface area contributed by atoms with Gasteiger partial charge >= 0.3 is 11.9 Å². The van der Waals surface area contributed by atoms with E-state index in [-0.39, 0.29) is 42.9 Å². The average molecular weight is 504 g/mol. The van der Waals surface area contributed by atoms with Gasteiger partial charge in [-0.25, -0.2) is 0 Å². The van der Waals surface area contributed by atoms with Gasteiger partial charge < -0.3 is 18.9 Å². The molecule has 36 heavy (non-hydrogen) atoms. The smallest absolute Gasteiger partial charge is 0.308 e. The molecule has 1 fully saturated rings. The van der Waals surface area contributed by atoms with E-state index in [1.165, 1.54) is 6.92 Å². The molecule has 0 amide bonds. The quantitative estimate of drug-likeness (QED) is 0.0937. The molecule has 9 heteroatoms. The molecule has 2 rings (SSSR count). The van der Waals surface area contributed by atoms with Crippen LogP contribution in [0.4, 0.5) is 0 Å². The molecule has 6 atom stereocenters. The van der Waals surface area contributed by atoms with Crippen molar-refractivity contribution in [3.8, 4) is 0 Å². The summed E-state index contributed by atoms with van der Waals surface area (Å²) in [6.45, 7) is 8.20. The summed E-state index contributed by atoms with van der Waals surface area (Å²) in [5.41, 5.74) is 9.28. The van der Waals surface area contributed by atoms with Crippen LogP contribution in [-0.4, -0.2) is 43.1 Å². The van der Waals surface area contributed by atoms with Crippen molar-refractivity contribution in [2.75, 3.05) is 6.54 Å². The topological polar surface area (TPSA) is 120 Å². The lowest BCUT2D eigenvalue weighted by molar-refractivity contribution is -0.285. The largest absolute Gasteiger partial charge is 0.461 e. The molecule has 0 spiro atoms. The third kappa shape index (κ3) is 10.6. The molecular formula is C27H41N3O6. The van der Waals surface area contributed by atoms with Crippen molar-refractivity contribution < 1.29 is 28.5 Å². The molecule has 0 aromatic heterocycles. The molecule has 3 unspecified atom stereocenters. The molecule has 0 saturated carbocycles. The molecule has 1 aromatic rings. The highest BCUT2D eigenvalue weighted by Gasteiger charge is 2.43. The van der Waals surface area contributed by atoms with Gasteiger partial charge in [-0.1, -0.05) is 75.0 Å². The zero-order chi connectivity index (χ0) is 26.3. The molecule has 9 nitrogen and oxygen atoms in total. The zero-order valence-electron chi connectivity index (χ0n) is 22.0. The van der Waals surface area contributed by atoms with E-state index in [9.17, 15) is 9.59 Å². The molecule has 0 radical (unpaired) electrons. The fourth-order valence-electron chi connectivity index (χ4n) is 4.37. The third-order valence-electron chi connectivity index (χ3n) is 6.82. The van der Waals surface area contributed by atoms with E-state index in [0.29, 0.717) is 13.0 Å². The second kappa shape index (κ2) is 16.2. The summed E-state index contributed by atoms with van der Waals surface area (Å²) in [4.78, 5) is 27.2. The standard InChI is InChI=1S/C27H41N3O6/c1-19-20(2)26(35-22(4)31)27(34-21(19)3)36-24(15-11-6-5-7-12-16-29-30-28)17-25(32)33-18-23-13-9-8-10-14-23/h8-10,13-14,19-21,24,26-27H,5-7,11-12,15-18H2,1-4H3/t19-,20+,21?,24?,26?,27+/m1/s1. The second-order valence-electron chi connectivity index (χ2n) is 9.62. The van der Waals surface area contributed by atoms with E-state index < -0.39 is 18.5 Å². The van der Waals surface area contributed by atoms with Crippen LogP contribution in [0.15, 0.2) is 35.4 Å². The molecule has 1 saturated heterocycles. The summed E-state index contributed by atoms with van der Waals surface area (Å²) >= 11 is 0. The maximum Gasteiger partial charge on any atom is 0.308 e. The van der Waals surface area contributed by atoms with E-state index in [1.54, 1.807) is 0 Å². The number of carbonyl (C=O) groups excluding carboxylic acids is 2. The minimum absolute atomic E-state index is 0.0457. The molecule has 1 heterocycles. The van der Waals surface area contributed by atoms with Crippen LogP contribution in [0.25, 0.3) is 10.4 Å². The fraction of sp³-hybridized carbons (Fsp3) is 0.704. The Balaban J connectivity index is 1.98. The van der Waals surface area contributed by atoms with Crippen LogP contribution >= 0.6 is 0 Å². The average Bonchev–Trinajstić information content (AvgIpc) is 2.85. The van der Waals surface area contributed by atoms with Crippen molar-refractivity contribution in [2.24, 2.45) is 17.0 Å². The Morgan fingerprint density at radius 2 is 1.75 bits per heavy atom. The van der Waals surface area contributed by atoms with Gasteiger partial charge in [0, 0.05) is 24.3 Å². The summed E-state index contributed by atoms with van der Waals surface area (Å²) in [5.74, 6) is -0.490. The van der Waals surface area contributed by atoms with Crippen molar-refractivity contribution in [2.45, 2.75) is 104 Å². The second-order valence-corrected chi connectivity index (χ2v) is 9.62. The molecule has 0 N–H and O–H groups in total. The van der Waals surface area contributed by atoms with Gasteiger partial charge in [0.25, 0.3) is 0 Å². The number of rotatable bonds is 15. The van der Waals surface area contributed by atoms with Gasteiger partial charge in [-0.2, -0.15) is 0 Å². The number of hydrogen-bond acceptors (Lipinski definition) is 7.